The van der Waals surface area contributed by atoms with E-state index in [0.29, 0.717) is 13.2 Å². The highest BCUT2D eigenvalue weighted by molar-refractivity contribution is 6.70. The Morgan fingerprint density at radius 2 is 1.04 bits per heavy atom. The summed E-state index contributed by atoms with van der Waals surface area (Å²) in [6.45, 7) is 28.1. The molecule has 0 spiro atoms. The molecule has 0 N–H and O–H groups in total. The number of benzene rings is 1. The van der Waals surface area contributed by atoms with Crippen molar-refractivity contribution in [2.45, 2.75) is 98.3 Å². The van der Waals surface area contributed by atoms with Gasteiger partial charge in [-0.1, -0.05) is 20.8 Å². The maximum absolute atomic E-state index is 6.57. The van der Waals surface area contributed by atoms with Gasteiger partial charge in [0.15, 0.2) is 16.6 Å². The topological polar surface area (TPSA) is 27.7 Å². The monoisotopic (exact) mass is 426 g/mol. The van der Waals surface area contributed by atoms with Gasteiger partial charge in [-0.3, -0.25) is 0 Å². The van der Waals surface area contributed by atoms with Crippen LogP contribution in [0.2, 0.25) is 58.9 Å². The minimum atomic E-state index is -1.76. The minimum absolute atomic E-state index is 0.0690. The van der Waals surface area contributed by atoms with E-state index in [1.165, 1.54) is 16.7 Å². The van der Waals surface area contributed by atoms with Crippen LogP contribution in [0.3, 0.4) is 0 Å². The van der Waals surface area contributed by atoms with Gasteiger partial charge in [0.05, 0.1) is 13.2 Å². The summed E-state index contributed by atoms with van der Waals surface area (Å²) in [5, 5.41) is 0. The van der Waals surface area contributed by atoms with Crippen molar-refractivity contribution in [2.75, 3.05) is 0 Å². The lowest BCUT2D eigenvalue weighted by Gasteiger charge is -2.30. The van der Waals surface area contributed by atoms with Gasteiger partial charge < -0.3 is 13.3 Å². The maximum Gasteiger partial charge on any atom is 0.242 e. The van der Waals surface area contributed by atoms with Gasteiger partial charge >= 0.3 is 0 Å². The molecule has 0 atom stereocenters. The molecule has 0 aliphatic heterocycles. The molecular weight excluding hydrogens is 384 g/mol. The summed E-state index contributed by atoms with van der Waals surface area (Å²) >= 11 is 0. The summed E-state index contributed by atoms with van der Waals surface area (Å²) in [6.07, 6.45) is 0. The highest BCUT2D eigenvalue weighted by Crippen LogP contribution is 2.35. The van der Waals surface area contributed by atoms with E-state index in [0.717, 1.165) is 5.75 Å². The molecule has 6 heteroatoms. The van der Waals surface area contributed by atoms with E-state index in [2.05, 4.69) is 91.8 Å². The normalized spacial score (nSPS) is 13.8. The summed E-state index contributed by atoms with van der Waals surface area (Å²) in [4.78, 5) is 0. The van der Waals surface area contributed by atoms with Crippen molar-refractivity contribution in [3.8, 4) is 5.75 Å². The van der Waals surface area contributed by atoms with Crippen LogP contribution >= 0.6 is 0 Å². The first-order valence-corrected chi connectivity index (χ1v) is 20.2. The van der Waals surface area contributed by atoms with Crippen molar-refractivity contribution in [1.29, 1.82) is 0 Å². The number of rotatable bonds is 8. The Balaban J connectivity index is 3.48. The number of hydrogen-bond donors (Lipinski definition) is 0. The van der Waals surface area contributed by atoms with Crippen LogP contribution in [-0.4, -0.2) is 25.0 Å². The van der Waals surface area contributed by atoms with Crippen LogP contribution in [0.5, 0.6) is 5.75 Å². The van der Waals surface area contributed by atoms with E-state index < -0.39 is 25.0 Å². The Kier molecular flexibility index (Phi) is 7.78. The summed E-state index contributed by atoms with van der Waals surface area (Å²) in [7, 11) is -5.00. The van der Waals surface area contributed by atoms with Crippen molar-refractivity contribution in [1.82, 2.24) is 0 Å². The first kappa shape index (κ1) is 24.6. The van der Waals surface area contributed by atoms with Crippen molar-refractivity contribution >= 4 is 25.0 Å². The summed E-state index contributed by atoms with van der Waals surface area (Å²) in [5.74, 6) is 0.999. The van der Waals surface area contributed by atoms with E-state index in [9.17, 15) is 0 Å². The molecule has 0 saturated heterocycles. The smallest absolute Gasteiger partial charge is 0.242 e. The van der Waals surface area contributed by atoms with E-state index in [-0.39, 0.29) is 5.41 Å². The lowest BCUT2D eigenvalue weighted by Crippen LogP contribution is -2.32. The molecule has 1 aromatic rings. The lowest BCUT2D eigenvalue weighted by molar-refractivity contribution is 0.285. The average molecular weight is 427 g/mol. The molecule has 0 fully saturated rings. The van der Waals surface area contributed by atoms with Gasteiger partial charge in [0, 0.05) is 11.1 Å². The molecule has 3 nitrogen and oxygen atoms in total. The zero-order valence-electron chi connectivity index (χ0n) is 19.8. The maximum atomic E-state index is 6.57. The Morgan fingerprint density at radius 3 is 1.30 bits per heavy atom. The molecule has 0 amide bonds. The SMILES string of the molecule is CC(C)(C)c1cc(CO[Si](C)(C)C)c(O[Si](C)(C)C)c(CO[Si](C)(C)C)c1. The van der Waals surface area contributed by atoms with Crippen LogP contribution in [0, 0.1) is 0 Å². The third kappa shape index (κ3) is 9.56. The van der Waals surface area contributed by atoms with E-state index >= 15 is 0 Å². The Bertz CT molecular complexity index is 591. The minimum Gasteiger partial charge on any atom is -0.544 e. The van der Waals surface area contributed by atoms with Crippen molar-refractivity contribution in [3.05, 3.63) is 28.8 Å². The molecule has 1 aromatic carbocycles. The molecular formula is C21H42O3Si3. The second-order valence-corrected chi connectivity index (χ2v) is 24.8. The Hall–Kier alpha value is -0.409. The Labute approximate surface area is 171 Å². The molecule has 27 heavy (non-hydrogen) atoms. The fourth-order valence-electron chi connectivity index (χ4n) is 2.43. The molecule has 0 aromatic heterocycles. The van der Waals surface area contributed by atoms with Gasteiger partial charge in [-0.15, -0.1) is 0 Å². The summed E-state index contributed by atoms with van der Waals surface area (Å²) in [6, 6.07) is 4.57. The molecule has 0 aliphatic carbocycles. The van der Waals surface area contributed by atoms with Crippen molar-refractivity contribution in [2.24, 2.45) is 0 Å². The fourth-order valence-corrected chi connectivity index (χ4v) is 4.48. The predicted molar refractivity (Wildman–Crippen MR) is 125 cm³/mol. The third-order valence-corrected chi connectivity index (χ3v) is 6.68. The quantitative estimate of drug-likeness (QED) is 0.423. The third-order valence-electron chi connectivity index (χ3n) is 3.84. The second kappa shape index (κ2) is 8.53. The Morgan fingerprint density at radius 1 is 0.667 bits per heavy atom. The molecule has 0 aliphatic rings. The van der Waals surface area contributed by atoms with Gasteiger partial charge in [0.2, 0.25) is 8.32 Å². The van der Waals surface area contributed by atoms with Crippen LogP contribution in [0.1, 0.15) is 37.5 Å². The highest BCUT2D eigenvalue weighted by atomic mass is 28.4. The van der Waals surface area contributed by atoms with Gasteiger partial charge in [0.1, 0.15) is 5.75 Å². The molecule has 0 heterocycles. The second-order valence-electron chi connectivity index (χ2n) is 11.4. The molecule has 0 radical (unpaired) electrons. The summed E-state index contributed by atoms with van der Waals surface area (Å²) in [5.41, 5.74) is 3.72. The lowest BCUT2D eigenvalue weighted by atomic mass is 9.85. The van der Waals surface area contributed by atoms with Crippen molar-refractivity contribution < 1.29 is 13.3 Å². The summed E-state index contributed by atoms with van der Waals surface area (Å²) < 4.78 is 19.1. The van der Waals surface area contributed by atoms with E-state index in [1.807, 2.05) is 0 Å². The first-order valence-electron chi connectivity index (χ1n) is 10.0. The van der Waals surface area contributed by atoms with Crippen LogP contribution in [-0.2, 0) is 27.5 Å². The van der Waals surface area contributed by atoms with Gasteiger partial charge in [0.25, 0.3) is 0 Å². The molecule has 0 unspecified atom stereocenters. The van der Waals surface area contributed by atoms with Crippen LogP contribution in [0.4, 0.5) is 0 Å². The average Bonchev–Trinajstić information content (AvgIpc) is 2.39. The molecule has 156 valence electrons. The zero-order valence-corrected chi connectivity index (χ0v) is 22.8. The van der Waals surface area contributed by atoms with Crippen LogP contribution in [0.25, 0.3) is 0 Å². The van der Waals surface area contributed by atoms with E-state index in [1.54, 1.807) is 0 Å². The number of hydrogen-bond acceptors (Lipinski definition) is 3. The molecule has 0 bridgehead atoms. The van der Waals surface area contributed by atoms with Crippen molar-refractivity contribution in [3.63, 3.8) is 0 Å². The van der Waals surface area contributed by atoms with Crippen LogP contribution < -0.4 is 4.43 Å². The van der Waals surface area contributed by atoms with Crippen LogP contribution in [0.15, 0.2) is 12.1 Å². The van der Waals surface area contributed by atoms with E-state index in [4.69, 9.17) is 13.3 Å². The van der Waals surface area contributed by atoms with Gasteiger partial charge in [-0.25, -0.2) is 0 Å². The fraction of sp³-hybridized carbons (Fsp3) is 0.714. The standard InChI is InChI=1S/C21H42O3Si3/c1-21(2,3)19-13-17(15-22-25(4,5)6)20(24-27(10,11)12)18(14-19)16-23-26(7,8)9/h13-14H,15-16H2,1-12H3. The first-order chi connectivity index (χ1) is 11.9. The highest BCUT2D eigenvalue weighted by Gasteiger charge is 2.26. The largest absolute Gasteiger partial charge is 0.544 e. The molecule has 0 saturated carbocycles. The zero-order chi connectivity index (χ0) is 21.3. The molecule has 1 rings (SSSR count). The predicted octanol–water partition coefficient (Wildman–Crippen LogP) is 6.90. The van der Waals surface area contributed by atoms with Gasteiger partial charge in [-0.05, 0) is 82.0 Å². The van der Waals surface area contributed by atoms with Gasteiger partial charge in [-0.2, -0.15) is 0 Å².